The van der Waals surface area contributed by atoms with Crippen LogP contribution in [0.4, 0.5) is 0 Å². The van der Waals surface area contributed by atoms with E-state index in [1.165, 1.54) is 0 Å². The monoisotopic (exact) mass is 285 g/mol. The summed E-state index contributed by atoms with van der Waals surface area (Å²) in [5.41, 5.74) is 0. The van der Waals surface area contributed by atoms with E-state index in [9.17, 15) is 14.4 Å². The molecular formula is C6H8INO4. The molecule has 0 aliphatic carbocycles. The number of hydrogen-bond donors (Lipinski definition) is 2. The van der Waals surface area contributed by atoms with Crippen LogP contribution in [-0.2, 0) is 14.4 Å². The van der Waals surface area contributed by atoms with Crippen molar-refractivity contribution in [3.63, 3.8) is 0 Å². The highest BCUT2D eigenvalue weighted by Gasteiger charge is 2.15. The van der Waals surface area contributed by atoms with Gasteiger partial charge in [0.05, 0.1) is 4.43 Å². The van der Waals surface area contributed by atoms with E-state index < -0.39 is 5.97 Å². The molecular weight excluding hydrogens is 277 g/mol. The first-order chi connectivity index (χ1) is 5.56. The molecule has 5 nitrogen and oxygen atoms in total. The predicted octanol–water partition coefficient (Wildman–Crippen LogP) is -0.0710. The van der Waals surface area contributed by atoms with Gasteiger partial charge < -0.3 is 5.11 Å². The fourth-order valence-electron chi connectivity index (χ4n) is 0.508. The van der Waals surface area contributed by atoms with Crippen molar-refractivity contribution in [1.29, 1.82) is 0 Å². The van der Waals surface area contributed by atoms with E-state index in [0.29, 0.717) is 12.8 Å². The number of carbonyl (C=O) groups excluding carboxylic acids is 2. The van der Waals surface area contributed by atoms with Crippen LogP contribution in [-0.4, -0.2) is 27.3 Å². The lowest BCUT2D eigenvalue weighted by molar-refractivity contribution is -0.133. The van der Waals surface area contributed by atoms with Crippen molar-refractivity contribution in [3.8, 4) is 0 Å². The Morgan fingerprint density at radius 2 is 1.75 bits per heavy atom. The first-order valence-corrected chi connectivity index (χ1v) is 4.69. The van der Waals surface area contributed by atoms with Gasteiger partial charge in [-0.2, -0.15) is 0 Å². The molecule has 0 radical (unpaired) electrons. The number of amides is 2. The molecule has 1 rings (SSSR count). The van der Waals surface area contributed by atoms with Crippen LogP contribution in [0.25, 0.3) is 0 Å². The number of halogens is 1. The molecule has 1 fully saturated rings. The number of aliphatic carboxylic acids is 1. The molecule has 0 unspecified atom stereocenters. The minimum atomic E-state index is -0.759. The summed E-state index contributed by atoms with van der Waals surface area (Å²) in [6.07, 6.45) is 0.748. The lowest BCUT2D eigenvalue weighted by Gasteiger charge is -1.79. The second-order valence-corrected chi connectivity index (χ2v) is 2.76. The second-order valence-electron chi connectivity index (χ2n) is 2.00. The molecule has 0 aromatic carbocycles. The van der Waals surface area contributed by atoms with Gasteiger partial charge in [-0.1, -0.05) is 22.6 Å². The van der Waals surface area contributed by atoms with Gasteiger partial charge in [0, 0.05) is 12.8 Å². The Bertz CT molecular complexity index is 190. The number of nitrogens with one attached hydrogen (secondary N) is 1. The van der Waals surface area contributed by atoms with Gasteiger partial charge in [-0.05, 0) is 0 Å². The van der Waals surface area contributed by atoms with E-state index >= 15 is 0 Å². The van der Waals surface area contributed by atoms with Gasteiger partial charge >= 0.3 is 5.97 Å². The Kier molecular flexibility index (Phi) is 5.60. The molecule has 1 aliphatic heterocycles. The molecule has 1 heterocycles. The van der Waals surface area contributed by atoms with Crippen molar-refractivity contribution in [1.82, 2.24) is 5.32 Å². The van der Waals surface area contributed by atoms with Gasteiger partial charge in [-0.15, -0.1) is 0 Å². The largest absolute Gasteiger partial charge is 0.481 e. The van der Waals surface area contributed by atoms with Gasteiger partial charge in [0.25, 0.3) is 0 Å². The molecule has 2 amide bonds. The van der Waals surface area contributed by atoms with Crippen molar-refractivity contribution >= 4 is 40.4 Å². The molecule has 0 spiro atoms. The Labute approximate surface area is 82.7 Å². The summed E-state index contributed by atoms with van der Waals surface area (Å²) in [7, 11) is 0. The average molecular weight is 285 g/mol. The van der Waals surface area contributed by atoms with Crippen LogP contribution >= 0.6 is 22.6 Å². The van der Waals surface area contributed by atoms with Gasteiger partial charge in [-0.3, -0.25) is 19.7 Å². The number of carboxylic acids is 1. The summed E-state index contributed by atoms with van der Waals surface area (Å²) >= 11 is 1.78. The van der Waals surface area contributed by atoms with E-state index in [2.05, 4.69) is 5.32 Å². The third-order valence-electron chi connectivity index (χ3n) is 0.972. The fourth-order valence-corrected chi connectivity index (χ4v) is 0.508. The quantitative estimate of drug-likeness (QED) is 0.401. The Morgan fingerprint density at radius 3 is 1.83 bits per heavy atom. The molecule has 12 heavy (non-hydrogen) atoms. The predicted molar refractivity (Wildman–Crippen MR) is 48.9 cm³/mol. The number of carbonyl (C=O) groups is 3. The molecule has 0 bridgehead atoms. The van der Waals surface area contributed by atoms with Gasteiger partial charge in [-0.25, -0.2) is 0 Å². The molecule has 1 aliphatic rings. The number of rotatable bonds is 1. The summed E-state index contributed by atoms with van der Waals surface area (Å²) in [4.78, 5) is 29.6. The lowest BCUT2D eigenvalue weighted by atomic mass is 10.4. The van der Waals surface area contributed by atoms with Gasteiger partial charge in [0.2, 0.25) is 11.8 Å². The number of alkyl halides is 1. The highest BCUT2D eigenvalue weighted by Crippen LogP contribution is 1.95. The average Bonchev–Trinajstić information content (AvgIpc) is 2.36. The zero-order chi connectivity index (χ0) is 9.56. The highest BCUT2D eigenvalue weighted by molar-refractivity contribution is 14.1. The van der Waals surface area contributed by atoms with E-state index in [1.807, 2.05) is 0 Å². The van der Waals surface area contributed by atoms with Crippen LogP contribution in [0.2, 0.25) is 0 Å². The molecule has 2 N–H and O–H groups in total. The standard InChI is InChI=1S/C4H5NO2.C2H3IO2/c6-3-1-2-4(7)5-3;3-1-2(4)5/h1-2H2,(H,5,6,7);1H2,(H,4,5). The van der Waals surface area contributed by atoms with Crippen molar-refractivity contribution in [3.05, 3.63) is 0 Å². The van der Waals surface area contributed by atoms with Crippen LogP contribution in [0.3, 0.4) is 0 Å². The maximum absolute atomic E-state index is 10.1. The maximum atomic E-state index is 10.1. The van der Waals surface area contributed by atoms with Crippen LogP contribution in [0.15, 0.2) is 0 Å². The van der Waals surface area contributed by atoms with Gasteiger partial charge in [0.1, 0.15) is 0 Å². The lowest BCUT2D eigenvalue weighted by Crippen LogP contribution is -2.18. The Hall–Kier alpha value is -0.660. The minimum absolute atomic E-state index is 0.148. The first kappa shape index (κ1) is 11.3. The third-order valence-corrected chi connectivity index (χ3v) is 1.62. The van der Waals surface area contributed by atoms with Crippen molar-refractivity contribution in [2.24, 2.45) is 0 Å². The first-order valence-electron chi connectivity index (χ1n) is 3.16. The van der Waals surface area contributed by atoms with Gasteiger partial charge in [0.15, 0.2) is 0 Å². The zero-order valence-corrected chi connectivity index (χ0v) is 8.33. The molecule has 0 saturated carbocycles. The minimum Gasteiger partial charge on any atom is -0.481 e. The summed E-state index contributed by atoms with van der Waals surface area (Å²) < 4.78 is 0.192. The number of carboxylic acid groups (broad SMARTS) is 1. The topological polar surface area (TPSA) is 83.5 Å². The van der Waals surface area contributed by atoms with Crippen LogP contribution in [0.1, 0.15) is 12.8 Å². The number of imide groups is 1. The van der Waals surface area contributed by atoms with E-state index in [-0.39, 0.29) is 16.2 Å². The van der Waals surface area contributed by atoms with E-state index in [0.717, 1.165) is 0 Å². The van der Waals surface area contributed by atoms with Crippen LogP contribution < -0.4 is 5.32 Å². The Morgan fingerprint density at radius 1 is 1.42 bits per heavy atom. The molecule has 6 heteroatoms. The van der Waals surface area contributed by atoms with Crippen LogP contribution in [0, 0.1) is 0 Å². The van der Waals surface area contributed by atoms with Crippen LogP contribution in [0.5, 0.6) is 0 Å². The maximum Gasteiger partial charge on any atom is 0.313 e. The highest BCUT2D eigenvalue weighted by atomic mass is 127. The van der Waals surface area contributed by atoms with Crippen molar-refractivity contribution in [2.45, 2.75) is 12.8 Å². The normalized spacial score (nSPS) is 14.8. The molecule has 0 aromatic heterocycles. The summed E-state index contributed by atoms with van der Waals surface area (Å²) in [5, 5.41) is 9.85. The van der Waals surface area contributed by atoms with Crippen molar-refractivity contribution < 1.29 is 19.5 Å². The zero-order valence-electron chi connectivity index (χ0n) is 6.17. The summed E-state index contributed by atoms with van der Waals surface area (Å²) in [5.74, 6) is -1.05. The molecule has 68 valence electrons. The molecule has 0 aromatic rings. The summed E-state index contributed by atoms with van der Waals surface area (Å²) in [6, 6.07) is 0. The second kappa shape index (κ2) is 5.92. The SMILES string of the molecule is O=C(O)CI.O=C1CCC(=O)N1. The molecule has 0 atom stereocenters. The van der Waals surface area contributed by atoms with Crippen molar-refractivity contribution in [2.75, 3.05) is 4.43 Å². The van der Waals surface area contributed by atoms with E-state index in [4.69, 9.17) is 5.11 Å². The van der Waals surface area contributed by atoms with E-state index in [1.54, 1.807) is 22.6 Å². The number of hydrogen-bond acceptors (Lipinski definition) is 3. The molecule has 1 saturated heterocycles. The smallest absolute Gasteiger partial charge is 0.313 e. The Balaban J connectivity index is 0.000000217. The third kappa shape index (κ3) is 6.08. The fraction of sp³-hybridized carbons (Fsp3) is 0.500. The summed E-state index contributed by atoms with van der Waals surface area (Å²) in [6.45, 7) is 0.